The van der Waals surface area contributed by atoms with Crippen LogP contribution in [0.2, 0.25) is 0 Å². The molecule has 1 aromatic carbocycles. The van der Waals surface area contributed by atoms with Crippen molar-refractivity contribution in [3.63, 3.8) is 0 Å². The third kappa shape index (κ3) is 4.01. The molecule has 3 rings (SSSR count). The van der Waals surface area contributed by atoms with E-state index in [-0.39, 0.29) is 29.3 Å². The average Bonchev–Trinajstić information content (AvgIpc) is 3.17. The number of alkyl halides is 3. The fourth-order valence-corrected chi connectivity index (χ4v) is 2.30. The zero-order chi connectivity index (χ0) is 20.3. The molecule has 0 saturated carbocycles. The van der Waals surface area contributed by atoms with Crippen molar-refractivity contribution < 1.29 is 22.4 Å². The summed E-state index contributed by atoms with van der Waals surface area (Å²) in [6, 6.07) is 2.99. The predicted octanol–water partition coefficient (Wildman–Crippen LogP) is 1.42. The lowest BCUT2D eigenvalue weighted by atomic mass is 10.2. The molecule has 0 unspecified atom stereocenters. The normalized spacial score (nSPS) is 11.7. The SMILES string of the molecule is COCCNc1c(NCc2ccc(-c3noc(C(F)(F)F)n3)cn2)c(=O)c1=O. The summed E-state index contributed by atoms with van der Waals surface area (Å²) in [5.41, 5.74) is -0.189. The largest absolute Gasteiger partial charge is 0.471 e. The molecule has 148 valence electrons. The molecule has 2 N–H and O–H groups in total. The summed E-state index contributed by atoms with van der Waals surface area (Å²) in [4.78, 5) is 30.6. The van der Waals surface area contributed by atoms with Gasteiger partial charge in [-0.2, -0.15) is 18.2 Å². The summed E-state index contributed by atoms with van der Waals surface area (Å²) >= 11 is 0. The number of hydrogen-bond donors (Lipinski definition) is 2. The predicted molar refractivity (Wildman–Crippen MR) is 91.6 cm³/mol. The molecule has 0 spiro atoms. The van der Waals surface area contributed by atoms with Gasteiger partial charge < -0.3 is 19.9 Å². The molecule has 3 aromatic rings. The van der Waals surface area contributed by atoms with E-state index in [0.29, 0.717) is 18.8 Å². The van der Waals surface area contributed by atoms with Gasteiger partial charge in [0, 0.05) is 25.4 Å². The van der Waals surface area contributed by atoms with Crippen molar-refractivity contribution in [2.75, 3.05) is 30.9 Å². The topological polar surface area (TPSA) is 119 Å². The fourth-order valence-electron chi connectivity index (χ4n) is 2.30. The summed E-state index contributed by atoms with van der Waals surface area (Å²) in [6.07, 6.45) is -3.44. The van der Waals surface area contributed by atoms with E-state index >= 15 is 0 Å². The second-order valence-corrected chi connectivity index (χ2v) is 5.64. The zero-order valence-corrected chi connectivity index (χ0v) is 14.5. The maximum atomic E-state index is 12.5. The van der Waals surface area contributed by atoms with Crippen molar-refractivity contribution in [3.8, 4) is 11.4 Å². The number of methoxy groups -OCH3 is 1. The van der Waals surface area contributed by atoms with Crippen LogP contribution in [-0.4, -0.2) is 35.4 Å². The van der Waals surface area contributed by atoms with Crippen LogP contribution in [0, 0.1) is 0 Å². The van der Waals surface area contributed by atoms with Crippen molar-refractivity contribution in [2.45, 2.75) is 12.7 Å². The minimum Gasteiger partial charge on any atom is -0.383 e. The van der Waals surface area contributed by atoms with Crippen LogP contribution in [-0.2, 0) is 17.5 Å². The second kappa shape index (κ2) is 7.76. The van der Waals surface area contributed by atoms with Crippen LogP contribution >= 0.6 is 0 Å². The Hall–Kier alpha value is -3.28. The molecular formula is C16H14F3N5O4. The first-order valence-electron chi connectivity index (χ1n) is 7.97. The van der Waals surface area contributed by atoms with Crippen LogP contribution in [0.15, 0.2) is 32.4 Å². The Labute approximate surface area is 155 Å². The number of pyridine rings is 1. The second-order valence-electron chi connectivity index (χ2n) is 5.64. The van der Waals surface area contributed by atoms with E-state index in [0.717, 1.165) is 0 Å². The molecule has 0 bridgehead atoms. The van der Waals surface area contributed by atoms with Crippen LogP contribution < -0.4 is 21.5 Å². The van der Waals surface area contributed by atoms with Crippen LogP contribution in [0.4, 0.5) is 24.5 Å². The van der Waals surface area contributed by atoms with Crippen molar-refractivity contribution in [2.24, 2.45) is 0 Å². The van der Waals surface area contributed by atoms with Gasteiger partial charge in [0.1, 0.15) is 11.4 Å². The van der Waals surface area contributed by atoms with E-state index in [2.05, 4.69) is 30.3 Å². The smallest absolute Gasteiger partial charge is 0.383 e. The number of nitrogens with one attached hydrogen (secondary N) is 2. The highest BCUT2D eigenvalue weighted by Crippen LogP contribution is 2.29. The van der Waals surface area contributed by atoms with Crippen molar-refractivity contribution in [1.29, 1.82) is 0 Å². The molecule has 2 aromatic heterocycles. The Morgan fingerprint density at radius 1 is 1.14 bits per heavy atom. The summed E-state index contributed by atoms with van der Waals surface area (Å²) < 4.78 is 46.5. The highest BCUT2D eigenvalue weighted by molar-refractivity contribution is 5.73. The quantitative estimate of drug-likeness (QED) is 0.429. The number of aromatic nitrogens is 3. The van der Waals surface area contributed by atoms with Crippen LogP contribution in [0.3, 0.4) is 0 Å². The highest BCUT2D eigenvalue weighted by Gasteiger charge is 2.38. The van der Waals surface area contributed by atoms with Gasteiger partial charge in [0.2, 0.25) is 5.82 Å². The molecule has 12 heteroatoms. The summed E-state index contributed by atoms with van der Waals surface area (Å²) in [7, 11) is 1.51. The van der Waals surface area contributed by atoms with E-state index in [9.17, 15) is 22.8 Å². The van der Waals surface area contributed by atoms with E-state index in [4.69, 9.17) is 4.74 Å². The van der Waals surface area contributed by atoms with Gasteiger partial charge in [-0.25, -0.2) is 0 Å². The van der Waals surface area contributed by atoms with Crippen LogP contribution in [0.25, 0.3) is 11.4 Å². The molecule has 28 heavy (non-hydrogen) atoms. The average molecular weight is 397 g/mol. The lowest BCUT2D eigenvalue weighted by Crippen LogP contribution is -2.37. The van der Waals surface area contributed by atoms with E-state index in [1.54, 1.807) is 0 Å². The Morgan fingerprint density at radius 3 is 2.43 bits per heavy atom. The Kier molecular flexibility index (Phi) is 5.40. The summed E-state index contributed by atoms with van der Waals surface area (Å²) in [6.45, 7) is 0.866. The van der Waals surface area contributed by atoms with Gasteiger partial charge in [-0.05, 0) is 12.1 Å². The monoisotopic (exact) mass is 397 g/mol. The molecule has 2 heterocycles. The Balaban J connectivity index is 1.64. The van der Waals surface area contributed by atoms with Gasteiger partial charge in [0.15, 0.2) is 0 Å². The maximum Gasteiger partial charge on any atom is 0.471 e. The molecule has 0 fully saturated rings. The molecule has 9 nitrogen and oxygen atoms in total. The molecule has 0 saturated heterocycles. The van der Waals surface area contributed by atoms with Gasteiger partial charge in [0.05, 0.1) is 18.8 Å². The number of nitrogens with zero attached hydrogens (tertiary/aromatic N) is 3. The molecule has 0 aliphatic carbocycles. The third-order valence-electron chi connectivity index (χ3n) is 3.72. The minimum absolute atomic E-state index is 0.129. The minimum atomic E-state index is -4.72. The van der Waals surface area contributed by atoms with Gasteiger partial charge in [-0.3, -0.25) is 14.6 Å². The number of ether oxygens (including phenoxy) is 1. The lowest BCUT2D eigenvalue weighted by molar-refractivity contribution is -0.159. The van der Waals surface area contributed by atoms with Gasteiger partial charge in [0.25, 0.3) is 10.9 Å². The first-order valence-corrected chi connectivity index (χ1v) is 7.97. The number of rotatable bonds is 8. The van der Waals surface area contributed by atoms with Crippen LogP contribution in [0.5, 0.6) is 0 Å². The van der Waals surface area contributed by atoms with E-state index < -0.39 is 22.9 Å². The summed E-state index contributed by atoms with van der Waals surface area (Å²) in [5.74, 6) is -1.69. The number of hydrogen-bond acceptors (Lipinski definition) is 9. The van der Waals surface area contributed by atoms with Crippen molar-refractivity contribution >= 4 is 11.4 Å². The standard InChI is InChI=1S/C16H14F3N5O4/c1-27-5-4-20-10-11(13(26)12(10)25)22-7-9-3-2-8(6-21-9)14-23-15(28-24-14)16(17,18)19/h2-3,6,20,22H,4-5,7H2,1H3. The molecule has 0 amide bonds. The molecular weight excluding hydrogens is 383 g/mol. The molecule has 0 atom stereocenters. The first kappa shape index (κ1) is 19.5. The van der Waals surface area contributed by atoms with Crippen LogP contribution in [0.1, 0.15) is 11.6 Å². The van der Waals surface area contributed by atoms with Gasteiger partial charge in [-0.1, -0.05) is 5.16 Å². The lowest BCUT2D eigenvalue weighted by Gasteiger charge is -2.14. The Bertz CT molecular complexity index is 1020. The van der Waals surface area contributed by atoms with E-state index in [1.165, 1.54) is 25.4 Å². The molecule has 0 aliphatic heterocycles. The number of halogens is 3. The molecule has 0 aliphatic rings. The fraction of sp³-hybridized carbons (Fsp3) is 0.312. The highest BCUT2D eigenvalue weighted by atomic mass is 19.4. The number of anilines is 2. The van der Waals surface area contributed by atoms with Crippen molar-refractivity contribution in [1.82, 2.24) is 15.1 Å². The first-order chi connectivity index (χ1) is 13.3. The van der Waals surface area contributed by atoms with Gasteiger partial charge >= 0.3 is 12.1 Å². The Morgan fingerprint density at radius 2 is 1.86 bits per heavy atom. The summed E-state index contributed by atoms with van der Waals surface area (Å²) in [5, 5.41) is 8.91. The molecule has 0 radical (unpaired) electrons. The van der Waals surface area contributed by atoms with E-state index in [1.807, 2.05) is 0 Å². The van der Waals surface area contributed by atoms with Gasteiger partial charge in [-0.15, -0.1) is 0 Å². The van der Waals surface area contributed by atoms with Crippen molar-refractivity contribution in [3.05, 3.63) is 50.4 Å². The zero-order valence-electron chi connectivity index (χ0n) is 14.5. The third-order valence-corrected chi connectivity index (χ3v) is 3.72. The maximum absolute atomic E-state index is 12.5.